The van der Waals surface area contributed by atoms with Crippen molar-refractivity contribution in [2.45, 2.75) is 37.1 Å². The van der Waals surface area contributed by atoms with Crippen LogP contribution < -0.4 is 4.48 Å². The van der Waals surface area contributed by atoms with Gasteiger partial charge in [0.05, 0.1) is 25.0 Å². The summed E-state index contributed by atoms with van der Waals surface area (Å²) >= 11 is 0. The van der Waals surface area contributed by atoms with E-state index in [0.29, 0.717) is 21.8 Å². The molecule has 5 heteroatoms. The topological polar surface area (TPSA) is 57.2 Å². The zero-order valence-corrected chi connectivity index (χ0v) is 14.1. The third-order valence-corrected chi connectivity index (χ3v) is 6.20. The minimum Gasteiger partial charge on any atom is -0.744 e. The van der Waals surface area contributed by atoms with Gasteiger partial charge in [-0.2, -0.15) is 0 Å². The molecule has 3 rings (SSSR count). The minimum atomic E-state index is -4.50. The molecule has 0 radical (unpaired) electrons. The molecule has 4 nitrogen and oxygen atoms in total. The fraction of sp³-hybridized carbons (Fsp3) is 0.412. The van der Waals surface area contributed by atoms with E-state index in [1.54, 1.807) is 18.2 Å². The van der Waals surface area contributed by atoms with Gasteiger partial charge >= 0.3 is 0 Å². The molecule has 0 fully saturated rings. The molecule has 2 atom stereocenters. The van der Waals surface area contributed by atoms with E-state index >= 15 is 0 Å². The largest absolute Gasteiger partial charge is 0.744 e. The number of rotatable bonds is 2. The monoisotopic (exact) mass is 319 g/mol. The SMILES string of the molecule is CCC1c2c(cc(S(=O)(=O)[O-])c3ccccc23)[N+](C)(C)C1C. The van der Waals surface area contributed by atoms with Crippen molar-refractivity contribution in [3.63, 3.8) is 0 Å². The van der Waals surface area contributed by atoms with Crippen LogP contribution in [0, 0.1) is 0 Å². The maximum Gasteiger partial charge on any atom is 0.138 e. The Morgan fingerprint density at radius 1 is 1.18 bits per heavy atom. The second-order valence-corrected chi connectivity index (χ2v) is 7.95. The van der Waals surface area contributed by atoms with E-state index < -0.39 is 10.1 Å². The molecule has 1 heterocycles. The first-order valence-corrected chi connectivity index (χ1v) is 8.96. The highest BCUT2D eigenvalue weighted by atomic mass is 32.2. The third-order valence-electron chi connectivity index (χ3n) is 5.33. The Bertz CT molecular complexity index is 856. The summed E-state index contributed by atoms with van der Waals surface area (Å²) in [5.41, 5.74) is 2.15. The Hall–Kier alpha value is -1.43. The molecule has 2 unspecified atom stereocenters. The van der Waals surface area contributed by atoms with Gasteiger partial charge in [-0.3, -0.25) is 4.48 Å². The van der Waals surface area contributed by atoms with Crippen LogP contribution in [0.25, 0.3) is 10.8 Å². The van der Waals surface area contributed by atoms with Crippen molar-refractivity contribution in [3.8, 4) is 0 Å². The second kappa shape index (κ2) is 4.78. The highest BCUT2D eigenvalue weighted by Crippen LogP contribution is 2.50. The van der Waals surface area contributed by atoms with Crippen molar-refractivity contribution >= 4 is 26.6 Å². The summed E-state index contributed by atoms with van der Waals surface area (Å²) in [4.78, 5) is -0.1000. The number of hydrogen-bond acceptors (Lipinski definition) is 3. The molecular weight excluding hydrogens is 298 g/mol. The fourth-order valence-electron chi connectivity index (χ4n) is 3.88. The predicted molar refractivity (Wildman–Crippen MR) is 88.0 cm³/mol. The van der Waals surface area contributed by atoms with Gasteiger partial charge in [-0.25, -0.2) is 8.42 Å². The Balaban J connectivity index is 2.51. The van der Waals surface area contributed by atoms with Crippen LogP contribution in [0.3, 0.4) is 0 Å². The van der Waals surface area contributed by atoms with Crippen LogP contribution in [0.2, 0.25) is 0 Å². The van der Waals surface area contributed by atoms with Gasteiger partial charge in [0.15, 0.2) is 0 Å². The Morgan fingerprint density at radius 2 is 1.77 bits per heavy atom. The van der Waals surface area contributed by atoms with Gasteiger partial charge in [0.2, 0.25) is 0 Å². The van der Waals surface area contributed by atoms with Crippen LogP contribution in [-0.4, -0.2) is 33.1 Å². The van der Waals surface area contributed by atoms with Crippen molar-refractivity contribution in [2.24, 2.45) is 0 Å². The second-order valence-electron chi connectivity index (χ2n) is 6.60. The molecule has 0 N–H and O–H groups in total. The lowest BCUT2D eigenvalue weighted by Gasteiger charge is -2.31. The van der Waals surface area contributed by atoms with E-state index in [-0.39, 0.29) is 4.90 Å². The molecule has 0 saturated carbocycles. The number of hydrogen-bond donors (Lipinski definition) is 0. The van der Waals surface area contributed by atoms with Gasteiger partial charge in [-0.15, -0.1) is 0 Å². The lowest BCUT2D eigenvalue weighted by atomic mass is 9.89. The molecule has 22 heavy (non-hydrogen) atoms. The van der Waals surface area contributed by atoms with Gasteiger partial charge in [-0.1, -0.05) is 31.2 Å². The maximum absolute atomic E-state index is 11.7. The van der Waals surface area contributed by atoms with E-state index in [1.165, 1.54) is 5.56 Å². The number of quaternary nitrogens is 1. The summed E-state index contributed by atoms with van der Waals surface area (Å²) in [6, 6.07) is 9.29. The molecule has 1 aliphatic heterocycles. The molecule has 0 bridgehead atoms. The van der Waals surface area contributed by atoms with E-state index in [9.17, 15) is 13.0 Å². The van der Waals surface area contributed by atoms with E-state index in [1.807, 2.05) is 12.1 Å². The number of likely N-dealkylation sites (N-methyl/N-ethyl adjacent to an activating group) is 1. The average Bonchev–Trinajstić information content (AvgIpc) is 2.65. The molecule has 0 amide bonds. The lowest BCUT2D eigenvalue weighted by molar-refractivity contribution is 0.301. The smallest absolute Gasteiger partial charge is 0.138 e. The highest BCUT2D eigenvalue weighted by Gasteiger charge is 2.45. The summed E-state index contributed by atoms with van der Waals surface area (Å²) in [6.45, 7) is 4.34. The van der Waals surface area contributed by atoms with Gasteiger partial charge in [0, 0.05) is 17.5 Å². The van der Waals surface area contributed by atoms with Gasteiger partial charge in [0.25, 0.3) is 0 Å². The molecular formula is C17H21NO3S. The average molecular weight is 319 g/mol. The zero-order valence-electron chi connectivity index (χ0n) is 13.3. The van der Waals surface area contributed by atoms with Crippen molar-refractivity contribution in [1.82, 2.24) is 4.48 Å². The predicted octanol–water partition coefficient (Wildman–Crippen LogP) is 3.21. The van der Waals surface area contributed by atoms with Crippen molar-refractivity contribution in [1.29, 1.82) is 0 Å². The number of nitrogens with zero attached hydrogens (tertiary/aromatic N) is 1. The third kappa shape index (κ3) is 2.00. The molecule has 0 saturated heterocycles. The molecule has 2 aromatic rings. The molecule has 118 valence electrons. The lowest BCUT2D eigenvalue weighted by Crippen LogP contribution is -2.46. The molecule has 2 aromatic carbocycles. The summed E-state index contributed by atoms with van der Waals surface area (Å²) in [7, 11) is -0.346. The summed E-state index contributed by atoms with van der Waals surface area (Å²) in [5.74, 6) is 0.360. The Labute approximate surface area is 131 Å². The van der Waals surface area contributed by atoms with Crippen LogP contribution >= 0.6 is 0 Å². The Kier molecular flexibility index (Phi) is 3.36. The fourth-order valence-corrected chi connectivity index (χ4v) is 4.58. The first-order chi connectivity index (χ1) is 10.2. The van der Waals surface area contributed by atoms with Gasteiger partial charge < -0.3 is 4.55 Å². The van der Waals surface area contributed by atoms with E-state index in [2.05, 4.69) is 27.9 Å². The van der Waals surface area contributed by atoms with Crippen LogP contribution in [0.5, 0.6) is 0 Å². The standard InChI is InChI=1S/C17H21NO3S/c1-5-12-11(2)18(3,4)15-10-16(22(19,20)21)13-8-6-7-9-14(13)17(12)15/h6-12H,5H2,1-4H3. The van der Waals surface area contributed by atoms with Gasteiger partial charge in [-0.05, 0) is 24.1 Å². The number of benzene rings is 2. The van der Waals surface area contributed by atoms with Crippen LogP contribution in [0.4, 0.5) is 5.69 Å². The molecule has 0 aromatic heterocycles. The Morgan fingerprint density at radius 3 is 2.32 bits per heavy atom. The van der Waals surface area contributed by atoms with Crippen molar-refractivity contribution in [3.05, 3.63) is 35.9 Å². The first-order valence-electron chi connectivity index (χ1n) is 7.55. The normalized spacial score (nSPS) is 23.7. The molecule has 0 aliphatic carbocycles. The van der Waals surface area contributed by atoms with E-state index in [4.69, 9.17) is 0 Å². The number of fused-ring (bicyclic) bond motifs is 3. The minimum absolute atomic E-state index is 0.1000. The summed E-state index contributed by atoms with van der Waals surface area (Å²) in [5, 5.41) is 1.45. The quantitative estimate of drug-likeness (QED) is 0.631. The zero-order chi connectivity index (χ0) is 16.3. The van der Waals surface area contributed by atoms with E-state index in [0.717, 1.165) is 17.5 Å². The summed E-state index contributed by atoms with van der Waals surface area (Å²) in [6.07, 6.45) is 0.989. The maximum atomic E-state index is 11.7. The highest BCUT2D eigenvalue weighted by molar-refractivity contribution is 7.86. The summed E-state index contributed by atoms with van der Waals surface area (Å²) < 4.78 is 35.8. The van der Waals surface area contributed by atoms with Crippen LogP contribution in [-0.2, 0) is 10.1 Å². The van der Waals surface area contributed by atoms with Crippen molar-refractivity contribution < 1.29 is 13.0 Å². The van der Waals surface area contributed by atoms with Crippen LogP contribution in [0.15, 0.2) is 35.2 Å². The van der Waals surface area contributed by atoms with Crippen molar-refractivity contribution in [2.75, 3.05) is 14.1 Å². The molecule has 1 aliphatic rings. The van der Waals surface area contributed by atoms with Crippen LogP contribution in [0.1, 0.15) is 31.7 Å². The van der Waals surface area contributed by atoms with Gasteiger partial charge in [0.1, 0.15) is 15.8 Å². The molecule has 0 spiro atoms. The first kappa shape index (κ1) is 15.5.